The summed E-state index contributed by atoms with van der Waals surface area (Å²) < 4.78 is 7.16. The Hall–Kier alpha value is -2.77. The van der Waals surface area contributed by atoms with Gasteiger partial charge in [-0.15, -0.1) is 0 Å². The van der Waals surface area contributed by atoms with E-state index < -0.39 is 0 Å². The monoisotopic (exact) mass is 343 g/mol. The van der Waals surface area contributed by atoms with Crippen molar-refractivity contribution < 1.29 is 9.53 Å². The summed E-state index contributed by atoms with van der Waals surface area (Å²) in [5.74, 6) is 0.343. The Morgan fingerprint density at radius 3 is 2.92 bits per heavy atom. The van der Waals surface area contributed by atoms with E-state index in [-0.39, 0.29) is 24.1 Å². The largest absolute Gasteiger partial charge is 0.471 e. The second-order valence-corrected chi connectivity index (χ2v) is 6.15. The van der Waals surface area contributed by atoms with E-state index in [1.165, 1.54) is 10.9 Å². The third-order valence-corrected chi connectivity index (χ3v) is 4.38. The zero-order chi connectivity index (χ0) is 17.8. The Balaban J connectivity index is 1.64. The van der Waals surface area contributed by atoms with Crippen LogP contribution in [0.5, 0.6) is 5.88 Å². The summed E-state index contributed by atoms with van der Waals surface area (Å²) >= 11 is 0. The maximum absolute atomic E-state index is 12.6. The number of likely N-dealkylation sites (tertiary alicyclic amines) is 1. The van der Waals surface area contributed by atoms with Crippen molar-refractivity contribution in [2.45, 2.75) is 39.3 Å². The molecule has 8 nitrogen and oxygen atoms in total. The standard InChI is InChI=1S/C17H21N5O3/c1-12-13(2)20-11-22(17(12)24)10-16(23)21-7-3-4-14(9-21)25-15-8-18-5-6-19-15/h5-6,8,11,14H,3-4,7,9-10H2,1-2H3. The third kappa shape index (κ3) is 4.01. The number of piperidine rings is 1. The van der Waals surface area contributed by atoms with E-state index in [2.05, 4.69) is 15.0 Å². The van der Waals surface area contributed by atoms with Gasteiger partial charge in [0.05, 0.1) is 19.1 Å². The van der Waals surface area contributed by atoms with Gasteiger partial charge in [0.2, 0.25) is 11.8 Å². The van der Waals surface area contributed by atoms with Crippen molar-refractivity contribution >= 4 is 5.91 Å². The Bertz CT molecular complexity index is 806. The maximum Gasteiger partial charge on any atom is 0.256 e. The van der Waals surface area contributed by atoms with Crippen LogP contribution in [0.3, 0.4) is 0 Å². The van der Waals surface area contributed by atoms with Crippen molar-refractivity contribution in [1.29, 1.82) is 0 Å². The molecule has 3 heterocycles. The molecule has 1 saturated heterocycles. The van der Waals surface area contributed by atoms with Crippen LogP contribution < -0.4 is 10.3 Å². The number of carbonyl (C=O) groups excluding carboxylic acids is 1. The number of amides is 1. The summed E-state index contributed by atoms with van der Waals surface area (Å²) in [6.07, 6.45) is 7.71. The van der Waals surface area contributed by atoms with Gasteiger partial charge in [-0.25, -0.2) is 9.97 Å². The summed E-state index contributed by atoms with van der Waals surface area (Å²) in [4.78, 5) is 38.8. The fourth-order valence-electron chi connectivity index (χ4n) is 2.81. The van der Waals surface area contributed by atoms with E-state index in [1.807, 2.05) is 0 Å². The lowest BCUT2D eigenvalue weighted by Crippen LogP contribution is -2.46. The van der Waals surface area contributed by atoms with E-state index in [1.54, 1.807) is 37.3 Å². The van der Waals surface area contributed by atoms with Crippen LogP contribution in [0, 0.1) is 13.8 Å². The van der Waals surface area contributed by atoms with Crippen LogP contribution in [0.1, 0.15) is 24.1 Å². The molecule has 0 spiro atoms. The second kappa shape index (κ2) is 7.42. The van der Waals surface area contributed by atoms with Gasteiger partial charge in [0.25, 0.3) is 5.56 Å². The number of aryl methyl sites for hydroxylation is 1. The molecule has 25 heavy (non-hydrogen) atoms. The molecule has 1 unspecified atom stereocenters. The van der Waals surface area contributed by atoms with Crippen LogP contribution in [-0.2, 0) is 11.3 Å². The number of ether oxygens (including phenoxy) is 1. The lowest BCUT2D eigenvalue weighted by molar-refractivity contribution is -0.134. The quantitative estimate of drug-likeness (QED) is 0.812. The van der Waals surface area contributed by atoms with Gasteiger partial charge in [0.1, 0.15) is 12.6 Å². The molecular weight excluding hydrogens is 322 g/mol. The molecule has 1 aliphatic heterocycles. The molecular formula is C17H21N5O3. The summed E-state index contributed by atoms with van der Waals surface area (Å²) in [6.45, 7) is 4.62. The van der Waals surface area contributed by atoms with Crippen LogP contribution in [-0.4, -0.2) is 49.5 Å². The number of hydrogen-bond acceptors (Lipinski definition) is 6. The van der Waals surface area contributed by atoms with E-state index in [9.17, 15) is 9.59 Å². The normalized spacial score (nSPS) is 17.4. The topological polar surface area (TPSA) is 90.2 Å². The van der Waals surface area contributed by atoms with Crippen molar-refractivity contribution in [3.05, 3.63) is 46.5 Å². The van der Waals surface area contributed by atoms with Gasteiger partial charge in [0, 0.05) is 30.2 Å². The van der Waals surface area contributed by atoms with Crippen LogP contribution in [0.2, 0.25) is 0 Å². The molecule has 0 aliphatic carbocycles. The van der Waals surface area contributed by atoms with Crippen molar-refractivity contribution in [3.8, 4) is 5.88 Å². The molecule has 1 atom stereocenters. The molecule has 1 amide bonds. The first kappa shape index (κ1) is 17.1. The van der Waals surface area contributed by atoms with Crippen molar-refractivity contribution in [3.63, 3.8) is 0 Å². The highest BCUT2D eigenvalue weighted by Gasteiger charge is 2.25. The average molecular weight is 343 g/mol. The minimum Gasteiger partial charge on any atom is -0.471 e. The molecule has 0 aromatic carbocycles. The first-order valence-electron chi connectivity index (χ1n) is 8.27. The Morgan fingerprint density at radius 2 is 2.16 bits per heavy atom. The highest BCUT2D eigenvalue weighted by molar-refractivity contribution is 5.76. The zero-order valence-corrected chi connectivity index (χ0v) is 14.4. The molecule has 0 saturated carbocycles. The zero-order valence-electron chi connectivity index (χ0n) is 14.4. The van der Waals surface area contributed by atoms with Crippen LogP contribution in [0.25, 0.3) is 0 Å². The number of nitrogens with zero attached hydrogens (tertiary/aromatic N) is 5. The molecule has 2 aromatic heterocycles. The van der Waals surface area contributed by atoms with E-state index in [4.69, 9.17) is 4.74 Å². The highest BCUT2D eigenvalue weighted by atomic mass is 16.5. The van der Waals surface area contributed by atoms with Gasteiger partial charge < -0.3 is 9.64 Å². The molecule has 8 heteroatoms. The van der Waals surface area contributed by atoms with Crippen molar-refractivity contribution in [2.75, 3.05) is 13.1 Å². The first-order chi connectivity index (χ1) is 12.0. The number of carbonyl (C=O) groups is 1. The van der Waals surface area contributed by atoms with Crippen molar-refractivity contribution in [2.24, 2.45) is 0 Å². The number of rotatable bonds is 4. The fourth-order valence-corrected chi connectivity index (χ4v) is 2.81. The van der Waals surface area contributed by atoms with Gasteiger partial charge in [-0.2, -0.15) is 0 Å². The maximum atomic E-state index is 12.6. The van der Waals surface area contributed by atoms with Gasteiger partial charge in [-0.05, 0) is 26.7 Å². The number of hydrogen-bond donors (Lipinski definition) is 0. The van der Waals surface area contributed by atoms with Gasteiger partial charge in [-0.1, -0.05) is 0 Å². The van der Waals surface area contributed by atoms with Crippen LogP contribution in [0.15, 0.2) is 29.7 Å². The highest BCUT2D eigenvalue weighted by Crippen LogP contribution is 2.16. The average Bonchev–Trinajstić information content (AvgIpc) is 2.63. The summed E-state index contributed by atoms with van der Waals surface area (Å²) in [6, 6.07) is 0. The first-order valence-corrected chi connectivity index (χ1v) is 8.27. The Morgan fingerprint density at radius 1 is 1.32 bits per heavy atom. The predicted molar refractivity (Wildman–Crippen MR) is 90.2 cm³/mol. The molecule has 3 rings (SSSR count). The third-order valence-electron chi connectivity index (χ3n) is 4.38. The predicted octanol–water partition coefficient (Wildman–Crippen LogP) is 0.720. The molecule has 1 aliphatic rings. The number of aromatic nitrogens is 4. The van der Waals surface area contributed by atoms with Gasteiger partial charge in [-0.3, -0.25) is 19.1 Å². The SMILES string of the molecule is Cc1ncn(CC(=O)N2CCCC(Oc3cnccn3)C2)c(=O)c1C. The summed E-state index contributed by atoms with van der Waals surface area (Å²) in [5.41, 5.74) is 1.08. The molecule has 2 aromatic rings. The molecule has 0 N–H and O–H groups in total. The molecule has 0 radical (unpaired) electrons. The van der Waals surface area contributed by atoms with E-state index >= 15 is 0 Å². The van der Waals surface area contributed by atoms with Crippen LogP contribution >= 0.6 is 0 Å². The lowest BCUT2D eigenvalue weighted by Gasteiger charge is -2.32. The lowest BCUT2D eigenvalue weighted by atomic mass is 10.1. The molecule has 0 bridgehead atoms. The summed E-state index contributed by atoms with van der Waals surface area (Å²) in [7, 11) is 0. The molecule has 132 valence electrons. The van der Waals surface area contributed by atoms with Gasteiger partial charge in [0.15, 0.2) is 0 Å². The van der Waals surface area contributed by atoms with E-state index in [0.717, 1.165) is 12.8 Å². The second-order valence-electron chi connectivity index (χ2n) is 6.15. The minimum absolute atomic E-state index is 0.00911. The Labute approximate surface area is 145 Å². The molecule has 1 fully saturated rings. The summed E-state index contributed by atoms with van der Waals surface area (Å²) in [5, 5.41) is 0. The Kier molecular flexibility index (Phi) is 5.06. The smallest absolute Gasteiger partial charge is 0.256 e. The minimum atomic E-state index is -0.176. The van der Waals surface area contributed by atoms with Crippen molar-refractivity contribution in [1.82, 2.24) is 24.4 Å². The fraction of sp³-hybridized carbons (Fsp3) is 0.471. The van der Waals surface area contributed by atoms with Crippen LogP contribution in [0.4, 0.5) is 0 Å². The van der Waals surface area contributed by atoms with Gasteiger partial charge >= 0.3 is 0 Å². The van der Waals surface area contributed by atoms with E-state index in [0.29, 0.717) is 30.2 Å².